The van der Waals surface area contributed by atoms with Crippen LogP contribution < -0.4 is 5.32 Å². The summed E-state index contributed by atoms with van der Waals surface area (Å²) < 4.78 is 0. The second-order valence-electron chi connectivity index (χ2n) is 7.05. The van der Waals surface area contributed by atoms with Crippen LogP contribution in [-0.4, -0.2) is 11.9 Å². The summed E-state index contributed by atoms with van der Waals surface area (Å²) in [5.74, 6) is 2.60. The van der Waals surface area contributed by atoms with E-state index in [-0.39, 0.29) is 5.91 Å². The van der Waals surface area contributed by atoms with Gasteiger partial charge in [-0.15, -0.1) is 11.8 Å². The molecule has 2 aromatic rings. The van der Waals surface area contributed by atoms with Crippen LogP contribution in [0.25, 0.3) is 0 Å². The Morgan fingerprint density at radius 2 is 1.79 bits per heavy atom. The van der Waals surface area contributed by atoms with Gasteiger partial charge in [0, 0.05) is 22.3 Å². The van der Waals surface area contributed by atoms with Crippen LogP contribution in [0.15, 0.2) is 59.5 Å². The second-order valence-corrected chi connectivity index (χ2v) is 8.10. The zero-order valence-electron chi connectivity index (χ0n) is 13.8. The van der Waals surface area contributed by atoms with Crippen molar-refractivity contribution in [1.82, 2.24) is 5.32 Å². The van der Waals surface area contributed by atoms with E-state index < -0.39 is 0 Å². The normalized spacial score (nSPS) is 24.9. The SMILES string of the molecule is O=C(N[C@H]1C[C@@H]2CC[C@@H]1C2)c1ccc(CSc2ccccc2)cc1. The van der Waals surface area contributed by atoms with Crippen molar-refractivity contribution >= 4 is 17.7 Å². The third-order valence-electron chi connectivity index (χ3n) is 5.42. The van der Waals surface area contributed by atoms with Crippen LogP contribution in [0.2, 0.25) is 0 Å². The Morgan fingerprint density at radius 3 is 2.46 bits per heavy atom. The molecule has 2 saturated carbocycles. The molecule has 2 nitrogen and oxygen atoms in total. The van der Waals surface area contributed by atoms with Crippen LogP contribution in [0.5, 0.6) is 0 Å². The van der Waals surface area contributed by atoms with Gasteiger partial charge in [-0.25, -0.2) is 0 Å². The first-order valence-electron chi connectivity index (χ1n) is 8.85. The highest BCUT2D eigenvalue weighted by Gasteiger charge is 2.40. The smallest absolute Gasteiger partial charge is 0.251 e. The van der Waals surface area contributed by atoms with Crippen LogP contribution in [0.3, 0.4) is 0 Å². The van der Waals surface area contributed by atoms with Gasteiger partial charge < -0.3 is 5.32 Å². The zero-order chi connectivity index (χ0) is 16.4. The highest BCUT2D eigenvalue weighted by molar-refractivity contribution is 7.98. The van der Waals surface area contributed by atoms with E-state index in [1.165, 1.54) is 36.1 Å². The van der Waals surface area contributed by atoms with Gasteiger partial charge >= 0.3 is 0 Å². The number of rotatable bonds is 5. The molecule has 1 amide bonds. The number of benzene rings is 2. The van der Waals surface area contributed by atoms with Crippen LogP contribution in [0.1, 0.15) is 41.6 Å². The summed E-state index contributed by atoms with van der Waals surface area (Å²) in [6.07, 6.45) is 5.17. The molecule has 3 atom stereocenters. The maximum absolute atomic E-state index is 12.5. The number of amides is 1. The third kappa shape index (κ3) is 3.51. The molecule has 4 rings (SSSR count). The van der Waals surface area contributed by atoms with Crippen molar-refractivity contribution in [3.05, 3.63) is 65.7 Å². The van der Waals surface area contributed by atoms with Gasteiger partial charge in [-0.2, -0.15) is 0 Å². The van der Waals surface area contributed by atoms with Crippen molar-refractivity contribution in [2.75, 3.05) is 0 Å². The molecule has 0 spiro atoms. The fourth-order valence-corrected chi connectivity index (χ4v) is 4.98. The van der Waals surface area contributed by atoms with E-state index in [4.69, 9.17) is 0 Å². The summed E-state index contributed by atoms with van der Waals surface area (Å²) in [5.41, 5.74) is 2.03. The van der Waals surface area contributed by atoms with Gasteiger partial charge in [-0.1, -0.05) is 36.8 Å². The van der Waals surface area contributed by atoms with E-state index in [2.05, 4.69) is 41.7 Å². The average Bonchev–Trinajstić information content (AvgIpc) is 3.24. The molecule has 0 saturated heterocycles. The maximum Gasteiger partial charge on any atom is 0.251 e. The molecule has 2 aliphatic rings. The molecule has 3 heteroatoms. The molecule has 0 radical (unpaired) electrons. The fraction of sp³-hybridized carbons (Fsp3) is 0.381. The monoisotopic (exact) mass is 337 g/mol. The van der Waals surface area contributed by atoms with Crippen molar-refractivity contribution < 1.29 is 4.79 Å². The number of hydrogen-bond acceptors (Lipinski definition) is 2. The molecule has 124 valence electrons. The highest BCUT2D eigenvalue weighted by Crippen LogP contribution is 2.44. The van der Waals surface area contributed by atoms with Gasteiger partial charge in [-0.05, 0) is 60.9 Å². The van der Waals surface area contributed by atoms with Crippen molar-refractivity contribution in [2.24, 2.45) is 11.8 Å². The standard InChI is InChI=1S/C21H23NOS/c23-21(22-20-13-16-8-11-18(20)12-16)17-9-6-15(7-10-17)14-24-19-4-2-1-3-5-19/h1-7,9-10,16,18,20H,8,11-14H2,(H,22,23)/t16-,18-,20+/m1/s1. The predicted octanol–water partition coefficient (Wildman–Crippen LogP) is 4.90. The van der Waals surface area contributed by atoms with E-state index in [1.807, 2.05) is 30.0 Å². The number of fused-ring (bicyclic) bond motifs is 2. The van der Waals surface area contributed by atoms with E-state index in [0.29, 0.717) is 6.04 Å². The lowest BCUT2D eigenvalue weighted by molar-refractivity contribution is 0.0923. The summed E-state index contributed by atoms with van der Waals surface area (Å²) in [6, 6.07) is 18.9. The van der Waals surface area contributed by atoms with Crippen LogP contribution in [-0.2, 0) is 5.75 Å². The molecule has 24 heavy (non-hydrogen) atoms. The molecule has 0 aromatic heterocycles. The van der Waals surface area contributed by atoms with Crippen molar-refractivity contribution in [3.63, 3.8) is 0 Å². The molecule has 0 unspecified atom stereocenters. The first-order chi connectivity index (χ1) is 11.8. The Kier molecular flexibility index (Phi) is 4.61. The highest BCUT2D eigenvalue weighted by atomic mass is 32.2. The molecular weight excluding hydrogens is 314 g/mol. The minimum Gasteiger partial charge on any atom is -0.349 e. The van der Waals surface area contributed by atoms with Gasteiger partial charge in [-0.3, -0.25) is 4.79 Å². The van der Waals surface area contributed by atoms with E-state index in [9.17, 15) is 4.79 Å². The summed E-state index contributed by atoms with van der Waals surface area (Å²) in [5, 5.41) is 3.26. The van der Waals surface area contributed by atoms with Gasteiger partial charge in [0.1, 0.15) is 0 Å². The topological polar surface area (TPSA) is 29.1 Å². The van der Waals surface area contributed by atoms with Gasteiger partial charge in [0.2, 0.25) is 0 Å². The summed E-state index contributed by atoms with van der Waals surface area (Å²) in [6.45, 7) is 0. The van der Waals surface area contributed by atoms with E-state index in [0.717, 1.165) is 23.2 Å². The van der Waals surface area contributed by atoms with Crippen molar-refractivity contribution in [3.8, 4) is 0 Å². The van der Waals surface area contributed by atoms with Crippen molar-refractivity contribution in [1.29, 1.82) is 0 Å². The average molecular weight is 337 g/mol. The number of carbonyl (C=O) groups is 1. The molecule has 2 bridgehead atoms. The third-order valence-corrected chi connectivity index (χ3v) is 6.50. The molecule has 0 aliphatic heterocycles. The molecule has 0 heterocycles. The molecule has 2 aliphatic carbocycles. The number of nitrogens with one attached hydrogen (secondary N) is 1. The van der Waals surface area contributed by atoms with E-state index in [1.54, 1.807) is 0 Å². The summed E-state index contributed by atoms with van der Waals surface area (Å²) in [7, 11) is 0. The Hall–Kier alpha value is -1.74. The van der Waals surface area contributed by atoms with Crippen molar-refractivity contribution in [2.45, 2.75) is 42.4 Å². The van der Waals surface area contributed by atoms with Crippen LogP contribution >= 0.6 is 11.8 Å². The van der Waals surface area contributed by atoms with Crippen LogP contribution in [0, 0.1) is 11.8 Å². The number of thioether (sulfide) groups is 1. The molecule has 1 N–H and O–H groups in total. The Morgan fingerprint density at radius 1 is 1.00 bits per heavy atom. The Labute approximate surface area is 148 Å². The lowest BCUT2D eigenvalue weighted by atomic mass is 9.95. The Balaban J connectivity index is 1.32. The quantitative estimate of drug-likeness (QED) is 0.787. The lowest BCUT2D eigenvalue weighted by Gasteiger charge is -2.22. The first-order valence-corrected chi connectivity index (χ1v) is 9.84. The maximum atomic E-state index is 12.5. The zero-order valence-corrected chi connectivity index (χ0v) is 14.6. The van der Waals surface area contributed by atoms with Gasteiger partial charge in [0.15, 0.2) is 0 Å². The molecular formula is C21H23NOS. The Bertz CT molecular complexity index is 698. The minimum atomic E-state index is 0.0924. The lowest BCUT2D eigenvalue weighted by Crippen LogP contribution is -2.38. The largest absolute Gasteiger partial charge is 0.349 e. The van der Waals surface area contributed by atoms with Crippen LogP contribution in [0.4, 0.5) is 0 Å². The number of hydrogen-bond donors (Lipinski definition) is 1. The summed E-state index contributed by atoms with van der Waals surface area (Å²) in [4.78, 5) is 13.7. The molecule has 2 aromatic carbocycles. The molecule has 2 fully saturated rings. The first kappa shape index (κ1) is 15.8. The van der Waals surface area contributed by atoms with Gasteiger partial charge in [0.25, 0.3) is 5.91 Å². The van der Waals surface area contributed by atoms with E-state index >= 15 is 0 Å². The second kappa shape index (κ2) is 7.02. The van der Waals surface area contributed by atoms with Gasteiger partial charge in [0.05, 0.1) is 0 Å². The summed E-state index contributed by atoms with van der Waals surface area (Å²) >= 11 is 1.82. The predicted molar refractivity (Wildman–Crippen MR) is 99.1 cm³/mol. The minimum absolute atomic E-state index is 0.0924. The number of carbonyl (C=O) groups excluding carboxylic acids is 1. The fourth-order valence-electron chi connectivity index (χ4n) is 4.11.